The maximum absolute atomic E-state index is 12.1. The molecule has 0 aromatic carbocycles. The van der Waals surface area contributed by atoms with Crippen LogP contribution >= 0.6 is 11.3 Å². The molecule has 1 atom stereocenters. The van der Waals surface area contributed by atoms with Crippen molar-refractivity contribution in [2.75, 3.05) is 19.6 Å². The molecule has 2 heterocycles. The van der Waals surface area contributed by atoms with Crippen LogP contribution < -0.4 is 5.32 Å². The normalized spacial score (nSPS) is 20.4. The summed E-state index contributed by atoms with van der Waals surface area (Å²) < 4.78 is 5.41. The van der Waals surface area contributed by atoms with Crippen molar-refractivity contribution in [2.45, 2.75) is 39.3 Å². The maximum Gasteiger partial charge on any atom is 0.410 e. The summed E-state index contributed by atoms with van der Waals surface area (Å²) in [5.41, 5.74) is -0.449. The van der Waals surface area contributed by atoms with Gasteiger partial charge in [0.2, 0.25) is 0 Å². The third kappa shape index (κ3) is 3.91. The van der Waals surface area contributed by atoms with Crippen molar-refractivity contribution in [3.05, 3.63) is 16.1 Å². The van der Waals surface area contributed by atoms with E-state index in [1.807, 2.05) is 33.9 Å². The second-order valence-corrected chi connectivity index (χ2v) is 7.01. The van der Waals surface area contributed by atoms with Crippen LogP contribution in [0.5, 0.6) is 0 Å². The number of nitrogens with zero attached hydrogens (tertiary/aromatic N) is 2. The summed E-state index contributed by atoms with van der Waals surface area (Å²) >= 11 is 1.67. The molecule has 0 saturated carbocycles. The lowest BCUT2D eigenvalue weighted by Crippen LogP contribution is -2.49. The van der Waals surface area contributed by atoms with Crippen molar-refractivity contribution in [1.82, 2.24) is 15.2 Å². The van der Waals surface area contributed by atoms with E-state index in [1.54, 1.807) is 16.2 Å². The standard InChI is InChI=1S/C13H21N3O2S/c1-9-7-15-11(19-9)10-8-16(6-5-14-10)12(17)18-13(2,3)4/h7,10,14H,5-6,8H2,1-4H3. The van der Waals surface area contributed by atoms with Gasteiger partial charge in [-0.1, -0.05) is 0 Å². The fraction of sp³-hybridized carbons (Fsp3) is 0.692. The van der Waals surface area contributed by atoms with Gasteiger partial charge in [0.1, 0.15) is 10.6 Å². The van der Waals surface area contributed by atoms with Crippen LogP contribution in [-0.2, 0) is 4.74 Å². The molecule has 1 aliphatic heterocycles. The Morgan fingerprint density at radius 1 is 1.58 bits per heavy atom. The summed E-state index contributed by atoms with van der Waals surface area (Å²) in [5.74, 6) is 0. The Morgan fingerprint density at radius 3 is 2.89 bits per heavy atom. The van der Waals surface area contributed by atoms with E-state index in [1.165, 1.54) is 4.88 Å². The lowest BCUT2D eigenvalue weighted by molar-refractivity contribution is 0.0195. The lowest BCUT2D eigenvalue weighted by atomic mass is 10.2. The first-order valence-electron chi connectivity index (χ1n) is 6.49. The van der Waals surface area contributed by atoms with E-state index in [0.29, 0.717) is 13.1 Å². The molecule has 0 radical (unpaired) electrons. The second-order valence-electron chi connectivity index (χ2n) is 5.74. The van der Waals surface area contributed by atoms with Crippen molar-refractivity contribution < 1.29 is 9.53 Å². The molecular formula is C13H21N3O2S. The number of piperazine rings is 1. The average molecular weight is 283 g/mol. The highest BCUT2D eigenvalue weighted by Crippen LogP contribution is 2.23. The molecule has 1 aromatic rings. The van der Waals surface area contributed by atoms with Gasteiger partial charge in [-0.15, -0.1) is 11.3 Å². The second kappa shape index (κ2) is 5.46. The fourth-order valence-corrected chi connectivity index (χ4v) is 2.78. The number of aromatic nitrogens is 1. The van der Waals surface area contributed by atoms with Gasteiger partial charge in [-0.3, -0.25) is 0 Å². The number of carbonyl (C=O) groups excluding carboxylic acids is 1. The van der Waals surface area contributed by atoms with Gasteiger partial charge in [0.05, 0.1) is 6.04 Å². The molecule has 19 heavy (non-hydrogen) atoms. The number of nitrogens with one attached hydrogen (secondary N) is 1. The number of thiazole rings is 1. The van der Waals surface area contributed by atoms with Gasteiger partial charge in [-0.05, 0) is 27.7 Å². The van der Waals surface area contributed by atoms with Gasteiger partial charge >= 0.3 is 6.09 Å². The Morgan fingerprint density at radius 2 is 2.32 bits per heavy atom. The minimum Gasteiger partial charge on any atom is -0.444 e. The summed E-state index contributed by atoms with van der Waals surface area (Å²) in [6.07, 6.45) is 1.63. The van der Waals surface area contributed by atoms with E-state index in [0.717, 1.165) is 11.6 Å². The first kappa shape index (κ1) is 14.3. The molecule has 5 nitrogen and oxygen atoms in total. The molecule has 1 aromatic heterocycles. The number of hydrogen-bond donors (Lipinski definition) is 1. The Balaban J connectivity index is 1.99. The molecule has 2 rings (SSSR count). The van der Waals surface area contributed by atoms with Crippen molar-refractivity contribution in [3.63, 3.8) is 0 Å². The highest BCUT2D eigenvalue weighted by molar-refractivity contribution is 7.11. The Labute approximate surface area is 118 Å². The summed E-state index contributed by atoms with van der Waals surface area (Å²) in [7, 11) is 0. The third-order valence-electron chi connectivity index (χ3n) is 2.76. The molecule has 6 heteroatoms. The number of rotatable bonds is 1. The van der Waals surface area contributed by atoms with E-state index >= 15 is 0 Å². The molecule has 0 spiro atoms. The highest BCUT2D eigenvalue weighted by Gasteiger charge is 2.29. The predicted molar refractivity (Wildman–Crippen MR) is 75.4 cm³/mol. The first-order chi connectivity index (χ1) is 8.85. The average Bonchev–Trinajstić information content (AvgIpc) is 2.74. The van der Waals surface area contributed by atoms with Crippen LogP contribution in [0.15, 0.2) is 6.20 Å². The minimum absolute atomic E-state index is 0.111. The van der Waals surface area contributed by atoms with Gasteiger partial charge in [-0.2, -0.15) is 0 Å². The zero-order valence-corrected chi connectivity index (χ0v) is 12.7. The molecule has 1 fully saturated rings. The van der Waals surface area contributed by atoms with E-state index in [-0.39, 0.29) is 12.1 Å². The zero-order chi connectivity index (χ0) is 14.0. The maximum atomic E-state index is 12.1. The smallest absolute Gasteiger partial charge is 0.410 e. The summed E-state index contributed by atoms with van der Waals surface area (Å²) in [6.45, 7) is 9.74. The summed E-state index contributed by atoms with van der Waals surface area (Å²) in [4.78, 5) is 19.4. The largest absolute Gasteiger partial charge is 0.444 e. The van der Waals surface area contributed by atoms with Crippen molar-refractivity contribution in [1.29, 1.82) is 0 Å². The van der Waals surface area contributed by atoms with Gasteiger partial charge in [0.15, 0.2) is 0 Å². The molecule has 1 saturated heterocycles. The number of ether oxygens (including phenoxy) is 1. The monoisotopic (exact) mass is 283 g/mol. The van der Waals surface area contributed by atoms with Crippen LogP contribution in [0.4, 0.5) is 4.79 Å². The minimum atomic E-state index is -0.449. The molecule has 0 aliphatic carbocycles. The van der Waals surface area contributed by atoms with E-state index < -0.39 is 5.60 Å². The van der Waals surface area contributed by atoms with Gasteiger partial charge in [-0.25, -0.2) is 9.78 Å². The van der Waals surface area contributed by atoms with E-state index in [4.69, 9.17) is 4.74 Å². The SMILES string of the molecule is Cc1cnc(C2CN(C(=O)OC(C)(C)C)CCN2)s1. The van der Waals surface area contributed by atoms with Crippen LogP contribution in [0.1, 0.15) is 36.7 Å². The zero-order valence-electron chi connectivity index (χ0n) is 11.9. The Bertz CT molecular complexity index is 453. The first-order valence-corrected chi connectivity index (χ1v) is 7.30. The van der Waals surface area contributed by atoms with Crippen molar-refractivity contribution in [2.24, 2.45) is 0 Å². The number of hydrogen-bond acceptors (Lipinski definition) is 5. The Hall–Kier alpha value is -1.14. The molecule has 1 amide bonds. The van der Waals surface area contributed by atoms with Gasteiger partial charge in [0.25, 0.3) is 0 Å². The van der Waals surface area contributed by atoms with E-state index in [9.17, 15) is 4.79 Å². The van der Waals surface area contributed by atoms with Crippen LogP contribution in [0.2, 0.25) is 0 Å². The molecule has 0 bridgehead atoms. The third-order valence-corrected chi connectivity index (χ3v) is 3.79. The van der Waals surface area contributed by atoms with Crippen LogP contribution in [-0.4, -0.2) is 41.2 Å². The number of aryl methyl sites for hydroxylation is 1. The number of amides is 1. The summed E-state index contributed by atoms with van der Waals surface area (Å²) in [5, 5.41) is 4.43. The fourth-order valence-electron chi connectivity index (χ4n) is 1.94. The van der Waals surface area contributed by atoms with Crippen LogP contribution in [0, 0.1) is 6.92 Å². The number of carbonyl (C=O) groups is 1. The lowest BCUT2D eigenvalue weighted by Gasteiger charge is -2.34. The predicted octanol–water partition coefficient (Wildman–Crippen LogP) is 2.33. The topological polar surface area (TPSA) is 54.5 Å². The van der Waals surface area contributed by atoms with Gasteiger partial charge in [0, 0.05) is 30.7 Å². The molecule has 1 N–H and O–H groups in total. The van der Waals surface area contributed by atoms with Crippen LogP contribution in [0.25, 0.3) is 0 Å². The van der Waals surface area contributed by atoms with Gasteiger partial charge < -0.3 is 15.0 Å². The molecule has 106 valence electrons. The van der Waals surface area contributed by atoms with Crippen molar-refractivity contribution in [3.8, 4) is 0 Å². The summed E-state index contributed by atoms with van der Waals surface area (Å²) in [6, 6.07) is 0.111. The van der Waals surface area contributed by atoms with Crippen molar-refractivity contribution >= 4 is 17.4 Å². The van der Waals surface area contributed by atoms with Crippen LogP contribution in [0.3, 0.4) is 0 Å². The highest BCUT2D eigenvalue weighted by atomic mass is 32.1. The molecule has 1 aliphatic rings. The molecule has 1 unspecified atom stereocenters. The molecular weight excluding hydrogens is 262 g/mol. The Kier molecular flexibility index (Phi) is 4.10. The quantitative estimate of drug-likeness (QED) is 0.859. The van der Waals surface area contributed by atoms with E-state index in [2.05, 4.69) is 10.3 Å².